The molecule has 0 unspecified atom stereocenters. The maximum absolute atomic E-state index is 12.9. The van der Waals surface area contributed by atoms with Crippen LogP contribution in [0.1, 0.15) is 51.2 Å². The summed E-state index contributed by atoms with van der Waals surface area (Å²) in [5, 5.41) is 3.50. The van der Waals surface area contributed by atoms with Gasteiger partial charge in [0.15, 0.2) is 0 Å². The second kappa shape index (κ2) is 6.10. The molecule has 116 valence electrons. The summed E-state index contributed by atoms with van der Waals surface area (Å²) in [7, 11) is 0. The molecule has 1 saturated carbocycles. The minimum Gasteiger partial charge on any atom is -0.330 e. The Morgan fingerprint density at radius 3 is 2.95 bits per heavy atom. The zero-order valence-corrected chi connectivity index (χ0v) is 14.0. The predicted molar refractivity (Wildman–Crippen MR) is 89.3 cm³/mol. The first-order chi connectivity index (χ1) is 10.8. The minimum absolute atomic E-state index is 0.185. The molecule has 22 heavy (non-hydrogen) atoms. The van der Waals surface area contributed by atoms with Crippen LogP contribution in [0.4, 0.5) is 0 Å². The zero-order chi connectivity index (χ0) is 14.9. The summed E-state index contributed by atoms with van der Waals surface area (Å²) in [5.74, 6) is 0.185. The number of nitrogens with zero attached hydrogens (tertiary/aromatic N) is 2. The van der Waals surface area contributed by atoms with E-state index in [0.717, 1.165) is 29.1 Å². The molecule has 1 N–H and O–H groups in total. The van der Waals surface area contributed by atoms with Crippen LogP contribution in [-0.4, -0.2) is 28.4 Å². The Morgan fingerprint density at radius 2 is 2.27 bits per heavy atom. The molecule has 0 bridgehead atoms. The van der Waals surface area contributed by atoms with E-state index in [0.29, 0.717) is 18.6 Å². The number of rotatable bonds is 5. The second-order valence-electron chi connectivity index (χ2n) is 5.98. The van der Waals surface area contributed by atoms with Crippen molar-refractivity contribution in [3.63, 3.8) is 0 Å². The Hall–Kier alpha value is -1.24. The Morgan fingerprint density at radius 1 is 1.36 bits per heavy atom. The number of thiophene rings is 1. The molecule has 6 heteroatoms. The molecule has 1 amide bonds. The summed E-state index contributed by atoms with van der Waals surface area (Å²) in [5.41, 5.74) is 1.83. The van der Waals surface area contributed by atoms with E-state index in [9.17, 15) is 4.79 Å². The Bertz CT molecular complexity index is 642. The van der Waals surface area contributed by atoms with Gasteiger partial charge in [-0.3, -0.25) is 9.78 Å². The van der Waals surface area contributed by atoms with Crippen LogP contribution in [0.5, 0.6) is 0 Å². The molecule has 2 aromatic heterocycles. The number of amides is 1. The van der Waals surface area contributed by atoms with Crippen molar-refractivity contribution < 1.29 is 4.79 Å². The number of hydrogen-bond acceptors (Lipinski definition) is 5. The van der Waals surface area contributed by atoms with Gasteiger partial charge in [-0.2, -0.15) is 0 Å². The summed E-state index contributed by atoms with van der Waals surface area (Å²) >= 11 is 3.28. The molecular formula is C16H19N3OS2. The van der Waals surface area contributed by atoms with E-state index < -0.39 is 0 Å². The van der Waals surface area contributed by atoms with Gasteiger partial charge in [0.2, 0.25) is 0 Å². The Kier molecular flexibility index (Phi) is 3.98. The van der Waals surface area contributed by atoms with E-state index in [1.165, 1.54) is 17.7 Å². The van der Waals surface area contributed by atoms with E-state index in [-0.39, 0.29) is 5.91 Å². The summed E-state index contributed by atoms with van der Waals surface area (Å²) in [6.07, 6.45) is 6.54. The van der Waals surface area contributed by atoms with Crippen molar-refractivity contribution in [2.45, 2.75) is 44.3 Å². The standard InChI is InChI=1S/C16H19N3OS2/c20-16(15-6-5-14(22-15)13-2-1-7-18-13)19(11-3-4-11)9-12-8-17-10-21-12/h5-6,8,10-11,13,18H,1-4,7,9H2/t13-/m1/s1. The summed E-state index contributed by atoms with van der Waals surface area (Å²) in [4.78, 5) is 22.4. The van der Waals surface area contributed by atoms with E-state index in [1.807, 2.05) is 22.7 Å². The van der Waals surface area contributed by atoms with E-state index in [1.54, 1.807) is 22.7 Å². The number of carbonyl (C=O) groups is 1. The largest absolute Gasteiger partial charge is 0.330 e. The fraction of sp³-hybridized carbons (Fsp3) is 0.500. The Labute approximate surface area is 138 Å². The van der Waals surface area contributed by atoms with Gasteiger partial charge in [-0.05, 0) is 44.4 Å². The quantitative estimate of drug-likeness (QED) is 0.912. The fourth-order valence-corrected chi connectivity index (χ4v) is 4.63. The molecule has 0 spiro atoms. The molecule has 3 heterocycles. The number of carbonyl (C=O) groups excluding carboxylic acids is 1. The monoisotopic (exact) mass is 333 g/mol. The van der Waals surface area contributed by atoms with Crippen LogP contribution in [0, 0.1) is 0 Å². The first-order valence-corrected chi connectivity index (χ1v) is 9.52. The van der Waals surface area contributed by atoms with Gasteiger partial charge in [-0.25, -0.2) is 0 Å². The number of aromatic nitrogens is 1. The molecule has 1 aliphatic carbocycles. The van der Waals surface area contributed by atoms with Gasteiger partial charge in [-0.15, -0.1) is 22.7 Å². The highest BCUT2D eigenvalue weighted by Crippen LogP contribution is 2.34. The average molecular weight is 333 g/mol. The zero-order valence-electron chi connectivity index (χ0n) is 12.3. The van der Waals surface area contributed by atoms with Crippen molar-refractivity contribution in [3.8, 4) is 0 Å². The molecule has 0 radical (unpaired) electrons. The van der Waals surface area contributed by atoms with Crippen molar-refractivity contribution in [3.05, 3.63) is 38.5 Å². The highest BCUT2D eigenvalue weighted by Gasteiger charge is 2.34. The lowest BCUT2D eigenvalue weighted by Gasteiger charge is -2.20. The first kappa shape index (κ1) is 14.4. The van der Waals surface area contributed by atoms with Crippen LogP contribution in [0.3, 0.4) is 0 Å². The van der Waals surface area contributed by atoms with Gasteiger partial charge in [0.05, 0.1) is 16.9 Å². The van der Waals surface area contributed by atoms with Crippen LogP contribution < -0.4 is 5.32 Å². The van der Waals surface area contributed by atoms with Crippen molar-refractivity contribution >= 4 is 28.6 Å². The van der Waals surface area contributed by atoms with Crippen molar-refractivity contribution in [1.29, 1.82) is 0 Å². The third-order valence-electron chi connectivity index (χ3n) is 4.30. The van der Waals surface area contributed by atoms with E-state index in [4.69, 9.17) is 0 Å². The summed E-state index contributed by atoms with van der Waals surface area (Å²) in [6, 6.07) is 5.00. The van der Waals surface area contributed by atoms with Gasteiger partial charge in [0.1, 0.15) is 0 Å². The van der Waals surface area contributed by atoms with Crippen LogP contribution in [0.15, 0.2) is 23.8 Å². The average Bonchev–Trinajstić information content (AvgIpc) is 3.01. The van der Waals surface area contributed by atoms with Gasteiger partial charge >= 0.3 is 0 Å². The molecule has 0 aromatic carbocycles. The predicted octanol–water partition coefficient (Wildman–Crippen LogP) is 3.43. The molecule has 1 aliphatic heterocycles. The highest BCUT2D eigenvalue weighted by atomic mass is 32.1. The molecule has 2 fully saturated rings. The van der Waals surface area contributed by atoms with E-state index in [2.05, 4.69) is 16.4 Å². The highest BCUT2D eigenvalue weighted by molar-refractivity contribution is 7.14. The number of nitrogens with one attached hydrogen (secondary N) is 1. The molecule has 4 rings (SSSR count). The normalized spacial score (nSPS) is 21.2. The molecule has 4 nitrogen and oxygen atoms in total. The SMILES string of the molecule is O=C(c1ccc([C@H]2CCCN2)s1)N(Cc1cncs1)C1CC1. The lowest BCUT2D eigenvalue weighted by molar-refractivity contribution is 0.0736. The van der Waals surface area contributed by atoms with E-state index >= 15 is 0 Å². The van der Waals surface area contributed by atoms with Crippen LogP contribution >= 0.6 is 22.7 Å². The van der Waals surface area contributed by atoms with Gasteiger partial charge < -0.3 is 10.2 Å². The second-order valence-corrected chi connectivity index (χ2v) is 8.07. The molecule has 2 aromatic rings. The van der Waals surface area contributed by atoms with Crippen LogP contribution in [0.25, 0.3) is 0 Å². The molecule has 1 saturated heterocycles. The maximum atomic E-state index is 12.9. The minimum atomic E-state index is 0.185. The van der Waals surface area contributed by atoms with Crippen LogP contribution in [0.2, 0.25) is 0 Å². The third kappa shape index (κ3) is 2.95. The maximum Gasteiger partial charge on any atom is 0.264 e. The lowest BCUT2D eigenvalue weighted by atomic mass is 10.2. The molecule has 1 atom stereocenters. The van der Waals surface area contributed by atoms with Gasteiger partial charge in [0.25, 0.3) is 5.91 Å². The van der Waals surface area contributed by atoms with Crippen molar-refractivity contribution in [1.82, 2.24) is 15.2 Å². The molecule has 2 aliphatic rings. The lowest BCUT2D eigenvalue weighted by Crippen LogP contribution is -2.31. The Balaban J connectivity index is 1.51. The van der Waals surface area contributed by atoms with Crippen molar-refractivity contribution in [2.75, 3.05) is 6.54 Å². The summed E-state index contributed by atoms with van der Waals surface area (Å²) in [6.45, 7) is 1.79. The summed E-state index contributed by atoms with van der Waals surface area (Å²) < 4.78 is 0. The topological polar surface area (TPSA) is 45.2 Å². The fourth-order valence-electron chi connectivity index (χ4n) is 2.97. The third-order valence-corrected chi connectivity index (χ3v) is 6.25. The van der Waals surface area contributed by atoms with Crippen molar-refractivity contribution in [2.24, 2.45) is 0 Å². The van der Waals surface area contributed by atoms with Crippen LogP contribution in [-0.2, 0) is 6.54 Å². The molecular weight excluding hydrogens is 314 g/mol. The number of thiazole rings is 1. The number of hydrogen-bond donors (Lipinski definition) is 1. The van der Waals surface area contributed by atoms with Gasteiger partial charge in [0, 0.05) is 28.0 Å². The smallest absolute Gasteiger partial charge is 0.264 e. The van der Waals surface area contributed by atoms with Gasteiger partial charge in [-0.1, -0.05) is 0 Å². The first-order valence-electron chi connectivity index (χ1n) is 7.83.